The molecule has 0 saturated carbocycles. The minimum atomic E-state index is 0.254. The smallest absolute Gasteiger partial charge is 0.0504 e. The molecule has 0 aliphatic rings. The van der Waals surface area contributed by atoms with Crippen molar-refractivity contribution < 1.29 is 5.11 Å². The number of thiophene rings is 1. The zero-order chi connectivity index (χ0) is 8.27. The van der Waals surface area contributed by atoms with Crippen LogP contribution in [0.25, 0.3) is 0 Å². The van der Waals surface area contributed by atoms with E-state index >= 15 is 0 Å². The first-order chi connectivity index (χ1) is 5.27. The van der Waals surface area contributed by atoms with Gasteiger partial charge in [0.1, 0.15) is 0 Å². The zero-order valence-electron chi connectivity index (χ0n) is 7.00. The van der Waals surface area contributed by atoms with Gasteiger partial charge in [0.2, 0.25) is 0 Å². The second-order valence-electron chi connectivity index (χ2n) is 2.74. The van der Waals surface area contributed by atoms with Gasteiger partial charge in [-0.15, -0.1) is 11.3 Å². The molecule has 11 heavy (non-hydrogen) atoms. The van der Waals surface area contributed by atoms with Crippen LogP contribution in [0.3, 0.4) is 0 Å². The fraction of sp³-hybridized carbons (Fsp3) is 0.556. The molecule has 0 spiro atoms. The summed E-state index contributed by atoms with van der Waals surface area (Å²) in [5, 5.41) is 8.88. The van der Waals surface area contributed by atoms with Gasteiger partial charge in [-0.25, -0.2) is 0 Å². The van der Waals surface area contributed by atoms with Gasteiger partial charge in [0.25, 0.3) is 0 Å². The number of aliphatic hydroxyl groups excluding tert-OH is 1. The van der Waals surface area contributed by atoms with Crippen LogP contribution in [-0.4, -0.2) is 11.7 Å². The molecule has 0 unspecified atom stereocenters. The molecular weight excluding hydrogens is 156 g/mol. The van der Waals surface area contributed by atoms with Gasteiger partial charge in [-0.2, -0.15) is 0 Å². The molecule has 0 aliphatic carbocycles. The van der Waals surface area contributed by atoms with E-state index in [9.17, 15) is 0 Å². The molecule has 1 atom stereocenters. The van der Waals surface area contributed by atoms with E-state index < -0.39 is 0 Å². The molecule has 0 aromatic carbocycles. The SMILES string of the molecule is CCc1ccc([C@@H](C)CO)s1. The van der Waals surface area contributed by atoms with E-state index in [1.165, 1.54) is 9.75 Å². The van der Waals surface area contributed by atoms with E-state index in [-0.39, 0.29) is 6.61 Å². The summed E-state index contributed by atoms with van der Waals surface area (Å²) in [6.07, 6.45) is 1.10. The van der Waals surface area contributed by atoms with Crippen LogP contribution in [0, 0.1) is 0 Å². The normalized spacial score (nSPS) is 13.4. The van der Waals surface area contributed by atoms with Crippen molar-refractivity contribution in [2.24, 2.45) is 0 Å². The summed E-state index contributed by atoms with van der Waals surface area (Å²) in [5.74, 6) is 0.306. The highest BCUT2D eigenvalue weighted by Gasteiger charge is 2.05. The molecule has 62 valence electrons. The van der Waals surface area contributed by atoms with Gasteiger partial charge in [0.05, 0.1) is 6.61 Å². The van der Waals surface area contributed by atoms with E-state index in [2.05, 4.69) is 19.1 Å². The summed E-state index contributed by atoms with van der Waals surface area (Å²) in [4.78, 5) is 2.70. The van der Waals surface area contributed by atoms with E-state index in [4.69, 9.17) is 5.11 Å². The highest BCUT2D eigenvalue weighted by atomic mass is 32.1. The van der Waals surface area contributed by atoms with Crippen molar-refractivity contribution in [3.8, 4) is 0 Å². The summed E-state index contributed by atoms with van der Waals surface area (Å²) in [6.45, 7) is 4.45. The Hall–Kier alpha value is -0.340. The van der Waals surface area contributed by atoms with Crippen LogP contribution in [0.4, 0.5) is 0 Å². The Morgan fingerprint density at radius 3 is 2.73 bits per heavy atom. The minimum Gasteiger partial charge on any atom is -0.396 e. The molecular formula is C9H14OS. The highest BCUT2D eigenvalue weighted by molar-refractivity contribution is 7.12. The fourth-order valence-corrected chi connectivity index (χ4v) is 1.93. The Morgan fingerprint density at radius 2 is 2.27 bits per heavy atom. The van der Waals surface area contributed by atoms with E-state index in [0.29, 0.717) is 5.92 Å². The monoisotopic (exact) mass is 170 g/mol. The molecule has 0 bridgehead atoms. The highest BCUT2D eigenvalue weighted by Crippen LogP contribution is 2.24. The lowest BCUT2D eigenvalue weighted by molar-refractivity contribution is 0.274. The number of aliphatic hydroxyl groups is 1. The Labute approximate surface area is 71.7 Å². The molecule has 1 aromatic rings. The molecule has 0 aliphatic heterocycles. The second-order valence-corrected chi connectivity index (χ2v) is 3.94. The van der Waals surface area contributed by atoms with E-state index in [1.807, 2.05) is 6.92 Å². The standard InChI is InChI=1S/C9H14OS/c1-3-8-4-5-9(11-8)7(2)6-10/h4-5,7,10H,3,6H2,1-2H3/t7-/m0/s1. The van der Waals surface area contributed by atoms with Crippen molar-refractivity contribution in [2.75, 3.05) is 6.61 Å². The van der Waals surface area contributed by atoms with Crippen LogP contribution in [0.15, 0.2) is 12.1 Å². The minimum absolute atomic E-state index is 0.254. The van der Waals surface area contributed by atoms with Crippen molar-refractivity contribution in [1.29, 1.82) is 0 Å². The molecule has 0 amide bonds. The molecule has 1 N–H and O–H groups in total. The molecule has 1 heterocycles. The first-order valence-corrected chi connectivity index (χ1v) is 4.79. The third-order valence-corrected chi connectivity index (χ3v) is 3.25. The lowest BCUT2D eigenvalue weighted by Gasteiger charge is -2.02. The Bertz CT molecular complexity index is 217. The average Bonchev–Trinajstić information content (AvgIpc) is 2.50. The van der Waals surface area contributed by atoms with Crippen LogP contribution in [0.1, 0.15) is 29.5 Å². The largest absolute Gasteiger partial charge is 0.396 e. The van der Waals surface area contributed by atoms with Gasteiger partial charge in [0.15, 0.2) is 0 Å². The second kappa shape index (κ2) is 3.88. The summed E-state index contributed by atoms with van der Waals surface area (Å²) < 4.78 is 0. The van der Waals surface area contributed by atoms with Crippen LogP contribution in [0.5, 0.6) is 0 Å². The number of rotatable bonds is 3. The van der Waals surface area contributed by atoms with Crippen molar-refractivity contribution in [1.82, 2.24) is 0 Å². The first kappa shape index (κ1) is 8.75. The van der Waals surface area contributed by atoms with Crippen LogP contribution < -0.4 is 0 Å². The summed E-state index contributed by atoms with van der Waals surface area (Å²) in [7, 11) is 0. The summed E-state index contributed by atoms with van der Waals surface area (Å²) in [5.41, 5.74) is 0. The Balaban J connectivity index is 2.71. The quantitative estimate of drug-likeness (QED) is 0.738. The van der Waals surface area contributed by atoms with Gasteiger partial charge in [-0.1, -0.05) is 13.8 Å². The third kappa shape index (κ3) is 2.04. The van der Waals surface area contributed by atoms with Crippen molar-refractivity contribution in [3.05, 3.63) is 21.9 Å². The predicted molar refractivity (Wildman–Crippen MR) is 49.2 cm³/mol. The van der Waals surface area contributed by atoms with Crippen molar-refractivity contribution in [2.45, 2.75) is 26.2 Å². The van der Waals surface area contributed by atoms with E-state index in [1.54, 1.807) is 11.3 Å². The maximum absolute atomic E-state index is 8.88. The molecule has 0 radical (unpaired) electrons. The van der Waals surface area contributed by atoms with Crippen LogP contribution >= 0.6 is 11.3 Å². The van der Waals surface area contributed by atoms with Gasteiger partial charge >= 0.3 is 0 Å². The molecule has 0 fully saturated rings. The van der Waals surface area contributed by atoms with Gasteiger partial charge in [-0.05, 0) is 18.6 Å². The predicted octanol–water partition coefficient (Wildman–Crippen LogP) is 2.41. The molecule has 0 saturated heterocycles. The molecule has 1 aromatic heterocycles. The molecule has 2 heteroatoms. The maximum Gasteiger partial charge on any atom is 0.0504 e. The zero-order valence-corrected chi connectivity index (χ0v) is 7.82. The summed E-state index contributed by atoms with van der Waals surface area (Å²) in [6, 6.07) is 4.26. The van der Waals surface area contributed by atoms with Crippen molar-refractivity contribution >= 4 is 11.3 Å². The van der Waals surface area contributed by atoms with Crippen LogP contribution in [-0.2, 0) is 6.42 Å². The summed E-state index contributed by atoms with van der Waals surface area (Å²) >= 11 is 1.81. The lowest BCUT2D eigenvalue weighted by atomic mass is 10.1. The van der Waals surface area contributed by atoms with Crippen LogP contribution in [0.2, 0.25) is 0 Å². The fourth-order valence-electron chi connectivity index (χ4n) is 0.939. The lowest BCUT2D eigenvalue weighted by Crippen LogP contribution is -1.94. The van der Waals surface area contributed by atoms with Gasteiger partial charge in [0, 0.05) is 15.7 Å². The molecule has 1 rings (SSSR count). The molecule has 1 nitrogen and oxygen atoms in total. The number of aryl methyl sites for hydroxylation is 1. The number of hydrogen-bond donors (Lipinski definition) is 1. The first-order valence-electron chi connectivity index (χ1n) is 3.97. The van der Waals surface area contributed by atoms with Gasteiger partial charge < -0.3 is 5.11 Å². The third-order valence-electron chi connectivity index (χ3n) is 1.79. The van der Waals surface area contributed by atoms with Gasteiger partial charge in [-0.3, -0.25) is 0 Å². The topological polar surface area (TPSA) is 20.2 Å². The number of hydrogen-bond acceptors (Lipinski definition) is 2. The Kier molecular flexibility index (Phi) is 3.09. The Morgan fingerprint density at radius 1 is 1.55 bits per heavy atom. The average molecular weight is 170 g/mol. The maximum atomic E-state index is 8.88. The van der Waals surface area contributed by atoms with E-state index in [0.717, 1.165) is 6.42 Å². The van der Waals surface area contributed by atoms with Crippen molar-refractivity contribution in [3.63, 3.8) is 0 Å².